The van der Waals surface area contributed by atoms with Crippen molar-refractivity contribution in [1.82, 2.24) is 5.32 Å². The molecule has 0 fully saturated rings. The Kier molecular flexibility index (Phi) is 3.82. The molecule has 0 radical (unpaired) electrons. The van der Waals surface area contributed by atoms with Crippen molar-refractivity contribution in [1.29, 1.82) is 0 Å². The minimum absolute atomic E-state index is 0.227. The second kappa shape index (κ2) is 5.20. The largest absolute Gasteiger partial charge is 0.314 e. The van der Waals surface area contributed by atoms with Gasteiger partial charge < -0.3 is 5.32 Å². The molecule has 1 aromatic carbocycles. The van der Waals surface area contributed by atoms with Gasteiger partial charge in [-0.15, -0.1) is 0 Å². The van der Waals surface area contributed by atoms with Crippen LogP contribution >= 0.6 is 0 Å². The van der Waals surface area contributed by atoms with Crippen LogP contribution in [0.3, 0.4) is 0 Å². The van der Waals surface area contributed by atoms with Gasteiger partial charge in [-0.2, -0.15) is 12.8 Å². The van der Waals surface area contributed by atoms with Gasteiger partial charge in [0.15, 0.2) is 0 Å². The van der Waals surface area contributed by atoms with E-state index in [9.17, 15) is 8.42 Å². The first-order valence-corrected chi connectivity index (χ1v) is 7.65. The highest BCUT2D eigenvalue weighted by atomic mass is 32.2. The molecule has 1 unspecified atom stereocenters. The molecule has 1 N–H and O–H groups in total. The molecule has 0 bridgehead atoms. The van der Waals surface area contributed by atoms with Gasteiger partial charge in [-0.25, -0.2) is 0 Å². The van der Waals surface area contributed by atoms with E-state index in [2.05, 4.69) is 16.6 Å². The first-order valence-electron chi connectivity index (χ1n) is 6.21. The van der Waals surface area contributed by atoms with Crippen molar-refractivity contribution in [3.8, 4) is 0 Å². The van der Waals surface area contributed by atoms with Crippen molar-refractivity contribution in [2.24, 2.45) is 4.40 Å². The quantitative estimate of drug-likeness (QED) is 0.886. The number of hydrogen-bond acceptors (Lipinski definition) is 3. The first-order chi connectivity index (χ1) is 8.54. The molecule has 0 aliphatic carbocycles. The Bertz CT molecular complexity index is 564. The molecule has 1 aliphatic heterocycles. The summed E-state index contributed by atoms with van der Waals surface area (Å²) in [7, 11) is -3.46. The third kappa shape index (κ3) is 2.62. The summed E-state index contributed by atoms with van der Waals surface area (Å²) < 4.78 is 27.6. The Morgan fingerprint density at radius 1 is 1.33 bits per heavy atom. The molecule has 0 saturated carbocycles. The Morgan fingerprint density at radius 2 is 2.06 bits per heavy atom. The number of benzene rings is 1. The number of fused-ring (bicyclic) bond motifs is 1. The monoisotopic (exact) mass is 266 g/mol. The van der Waals surface area contributed by atoms with Crippen LogP contribution in [0.5, 0.6) is 0 Å². The van der Waals surface area contributed by atoms with Crippen molar-refractivity contribution < 1.29 is 8.42 Å². The summed E-state index contributed by atoms with van der Waals surface area (Å²) in [4.78, 5) is 0.336. The van der Waals surface area contributed by atoms with Crippen molar-refractivity contribution >= 4 is 15.7 Å². The average molecular weight is 266 g/mol. The normalized spacial score (nSPS) is 18.2. The summed E-state index contributed by atoms with van der Waals surface area (Å²) in [5.41, 5.74) is 1.42. The van der Waals surface area contributed by atoms with Crippen LogP contribution in [-0.2, 0) is 10.0 Å². The Hall–Kier alpha value is -1.20. The first kappa shape index (κ1) is 13.2. The van der Waals surface area contributed by atoms with Gasteiger partial charge in [0.2, 0.25) is 0 Å². The Morgan fingerprint density at radius 3 is 2.78 bits per heavy atom. The van der Waals surface area contributed by atoms with Crippen LogP contribution in [0.2, 0.25) is 0 Å². The zero-order valence-electron chi connectivity index (χ0n) is 10.7. The van der Waals surface area contributed by atoms with E-state index < -0.39 is 10.0 Å². The van der Waals surface area contributed by atoms with Gasteiger partial charge in [-0.05, 0) is 26.0 Å². The van der Waals surface area contributed by atoms with E-state index in [0.717, 1.165) is 18.5 Å². The van der Waals surface area contributed by atoms with Crippen LogP contribution in [0.15, 0.2) is 33.6 Å². The van der Waals surface area contributed by atoms with Crippen LogP contribution < -0.4 is 5.32 Å². The number of rotatable bonds is 5. The van der Waals surface area contributed by atoms with E-state index in [1.54, 1.807) is 12.1 Å². The van der Waals surface area contributed by atoms with E-state index in [-0.39, 0.29) is 6.04 Å². The molecule has 1 heterocycles. The number of nitrogens with one attached hydrogen (secondary N) is 1. The van der Waals surface area contributed by atoms with Crippen LogP contribution in [-0.4, -0.2) is 26.7 Å². The molecule has 1 aliphatic rings. The summed E-state index contributed by atoms with van der Waals surface area (Å²) in [6, 6.07) is 7.24. The van der Waals surface area contributed by atoms with E-state index in [4.69, 9.17) is 0 Å². The lowest BCUT2D eigenvalue weighted by Crippen LogP contribution is -2.29. The summed E-state index contributed by atoms with van der Waals surface area (Å²) in [5, 5.41) is 3.34. The second-order valence-electron chi connectivity index (χ2n) is 4.57. The van der Waals surface area contributed by atoms with Gasteiger partial charge in [0, 0.05) is 18.0 Å². The molecule has 0 amide bonds. The van der Waals surface area contributed by atoms with E-state index in [1.807, 2.05) is 19.1 Å². The maximum absolute atomic E-state index is 11.9. The molecular formula is C13H18N2O2S. The molecule has 0 spiro atoms. The zero-order valence-corrected chi connectivity index (χ0v) is 11.5. The lowest BCUT2D eigenvalue weighted by atomic mass is 10.0. The van der Waals surface area contributed by atoms with Gasteiger partial charge in [0.1, 0.15) is 0 Å². The minimum Gasteiger partial charge on any atom is -0.314 e. The summed E-state index contributed by atoms with van der Waals surface area (Å²) >= 11 is 0. The number of nitrogens with zero attached hydrogens (tertiary/aromatic N) is 1. The van der Waals surface area contributed by atoms with E-state index >= 15 is 0 Å². The van der Waals surface area contributed by atoms with Crippen molar-refractivity contribution in [2.75, 3.05) is 6.54 Å². The summed E-state index contributed by atoms with van der Waals surface area (Å²) in [6.07, 6.45) is 1.70. The molecule has 1 atom stereocenters. The van der Waals surface area contributed by atoms with Gasteiger partial charge in [-0.1, -0.05) is 25.1 Å². The molecule has 0 aromatic heterocycles. The maximum atomic E-state index is 11.9. The lowest BCUT2D eigenvalue weighted by molar-refractivity contribution is 0.561. The zero-order chi connectivity index (χ0) is 13.2. The summed E-state index contributed by atoms with van der Waals surface area (Å²) in [6.45, 7) is 5.08. The van der Waals surface area contributed by atoms with E-state index in [0.29, 0.717) is 17.0 Å². The SMILES string of the molecule is CCCNC(C)CC1=NS(=O)(=O)c2ccccc21. The highest BCUT2D eigenvalue weighted by Crippen LogP contribution is 2.27. The number of sulfonamides is 1. The fourth-order valence-electron chi connectivity index (χ4n) is 2.07. The van der Waals surface area contributed by atoms with Crippen LogP contribution in [0.4, 0.5) is 0 Å². The molecule has 18 heavy (non-hydrogen) atoms. The smallest absolute Gasteiger partial charge is 0.283 e. The van der Waals surface area contributed by atoms with E-state index in [1.165, 1.54) is 0 Å². The second-order valence-corrected chi connectivity index (χ2v) is 6.14. The molecule has 0 saturated heterocycles. The average Bonchev–Trinajstić information content (AvgIpc) is 2.59. The third-order valence-corrected chi connectivity index (χ3v) is 4.32. The van der Waals surface area contributed by atoms with Gasteiger partial charge in [-0.3, -0.25) is 0 Å². The fraction of sp³-hybridized carbons (Fsp3) is 0.462. The molecular weight excluding hydrogens is 248 g/mol. The van der Waals surface area contributed by atoms with Crippen molar-refractivity contribution in [2.45, 2.75) is 37.6 Å². The van der Waals surface area contributed by atoms with Crippen LogP contribution in [0, 0.1) is 0 Å². The molecule has 1 aromatic rings. The predicted molar refractivity (Wildman–Crippen MR) is 72.5 cm³/mol. The van der Waals surface area contributed by atoms with Gasteiger partial charge in [0.25, 0.3) is 10.0 Å². The number of hydrogen-bond donors (Lipinski definition) is 1. The van der Waals surface area contributed by atoms with Gasteiger partial charge in [0.05, 0.1) is 10.6 Å². The molecule has 98 valence electrons. The highest BCUT2D eigenvalue weighted by molar-refractivity contribution is 7.90. The van der Waals surface area contributed by atoms with Crippen molar-refractivity contribution in [3.05, 3.63) is 29.8 Å². The predicted octanol–water partition coefficient (Wildman–Crippen LogP) is 1.96. The molecule has 4 nitrogen and oxygen atoms in total. The van der Waals surface area contributed by atoms with Crippen LogP contribution in [0.25, 0.3) is 0 Å². The maximum Gasteiger partial charge on any atom is 0.283 e. The summed E-state index contributed by atoms with van der Waals surface area (Å²) in [5.74, 6) is 0. The lowest BCUT2D eigenvalue weighted by Gasteiger charge is -2.12. The van der Waals surface area contributed by atoms with Gasteiger partial charge >= 0.3 is 0 Å². The Balaban J connectivity index is 2.21. The fourth-order valence-corrected chi connectivity index (χ4v) is 3.35. The highest BCUT2D eigenvalue weighted by Gasteiger charge is 2.28. The topological polar surface area (TPSA) is 58.5 Å². The minimum atomic E-state index is -3.46. The standard InChI is InChI=1S/C13H18N2O2S/c1-3-8-14-10(2)9-12-11-6-4-5-7-13(11)18(16,17)15-12/h4-7,10,14H,3,8-9H2,1-2H3. The molecule has 2 rings (SSSR count). The van der Waals surface area contributed by atoms with Crippen LogP contribution in [0.1, 0.15) is 32.3 Å². The molecule has 5 heteroatoms. The van der Waals surface area contributed by atoms with Crippen molar-refractivity contribution in [3.63, 3.8) is 0 Å². The third-order valence-electron chi connectivity index (χ3n) is 2.95. The Labute approximate surface area is 108 Å².